The quantitative estimate of drug-likeness (QED) is 0.203. The third-order valence-electron chi connectivity index (χ3n) is 6.67. The smallest absolute Gasteiger partial charge is 0.294 e. The van der Waals surface area contributed by atoms with Crippen LogP contribution in [0.4, 0.5) is 0 Å². The second kappa shape index (κ2) is 12.5. The van der Waals surface area contributed by atoms with Crippen LogP contribution >= 0.6 is 23.4 Å². The van der Waals surface area contributed by atoms with Crippen molar-refractivity contribution in [2.45, 2.75) is 30.4 Å². The van der Waals surface area contributed by atoms with Gasteiger partial charge < -0.3 is 24.4 Å². The molecule has 0 saturated heterocycles. The SMILES string of the molecule is COc1cc2c(c(OC)c1OC)-c1ccc(SC)c(=O)cc1[C@H](NC(=O)c1cccc(CO[N+](=O)[O-])c1Cl)CC2. The number of ether oxygens (including phenoxy) is 3. The number of thioether (sulfide) groups is 1. The van der Waals surface area contributed by atoms with Crippen molar-refractivity contribution >= 4 is 29.3 Å². The Hall–Kier alpha value is -3.96. The Morgan fingerprint density at radius 2 is 1.88 bits per heavy atom. The number of amides is 1. The van der Waals surface area contributed by atoms with Gasteiger partial charge in [-0.2, -0.15) is 0 Å². The van der Waals surface area contributed by atoms with Gasteiger partial charge in [0.1, 0.15) is 6.61 Å². The molecule has 210 valence electrons. The summed E-state index contributed by atoms with van der Waals surface area (Å²) in [4.78, 5) is 42.3. The van der Waals surface area contributed by atoms with Crippen LogP contribution in [0.15, 0.2) is 52.2 Å². The van der Waals surface area contributed by atoms with Gasteiger partial charge in [0.2, 0.25) is 5.75 Å². The molecule has 4 rings (SSSR count). The first-order chi connectivity index (χ1) is 19.2. The number of nitrogens with zero attached hydrogens (tertiary/aromatic N) is 1. The van der Waals surface area contributed by atoms with Crippen molar-refractivity contribution in [1.82, 2.24) is 5.32 Å². The van der Waals surface area contributed by atoms with E-state index in [4.69, 9.17) is 25.8 Å². The summed E-state index contributed by atoms with van der Waals surface area (Å²) in [5.74, 6) is 0.867. The van der Waals surface area contributed by atoms with E-state index >= 15 is 0 Å². The van der Waals surface area contributed by atoms with Crippen LogP contribution in [0, 0.1) is 10.1 Å². The molecule has 0 aliphatic heterocycles. The molecule has 0 radical (unpaired) electrons. The summed E-state index contributed by atoms with van der Waals surface area (Å²) in [7, 11) is 4.60. The molecule has 0 saturated carbocycles. The lowest BCUT2D eigenvalue weighted by molar-refractivity contribution is -0.763. The molecule has 0 spiro atoms. The molecule has 1 N–H and O–H groups in total. The number of hydrogen-bond acceptors (Lipinski definition) is 9. The number of nitrogens with one attached hydrogen (secondary N) is 1. The molecule has 0 unspecified atom stereocenters. The van der Waals surface area contributed by atoms with Crippen molar-refractivity contribution in [2.75, 3.05) is 27.6 Å². The van der Waals surface area contributed by atoms with Gasteiger partial charge in [-0.1, -0.05) is 29.8 Å². The maximum atomic E-state index is 13.5. The maximum absolute atomic E-state index is 13.5. The molecule has 12 heteroatoms. The summed E-state index contributed by atoms with van der Waals surface area (Å²) in [6, 6.07) is 11.1. The van der Waals surface area contributed by atoms with Gasteiger partial charge in [0, 0.05) is 5.56 Å². The minimum Gasteiger partial charge on any atom is -0.493 e. The molecular formula is C28H27ClN2O8S. The van der Waals surface area contributed by atoms with Gasteiger partial charge in [-0.05, 0) is 65.6 Å². The van der Waals surface area contributed by atoms with E-state index in [1.165, 1.54) is 32.0 Å². The molecule has 1 atom stereocenters. The Balaban J connectivity index is 1.85. The monoisotopic (exact) mass is 586 g/mol. The number of hydrogen-bond donors (Lipinski definition) is 1. The average Bonchev–Trinajstić information content (AvgIpc) is 3.19. The summed E-state index contributed by atoms with van der Waals surface area (Å²) < 4.78 is 17.0. The molecule has 0 aromatic heterocycles. The molecule has 40 heavy (non-hydrogen) atoms. The number of benzene rings is 2. The fraction of sp³-hybridized carbons (Fsp3) is 0.286. The third kappa shape index (κ3) is 5.66. The van der Waals surface area contributed by atoms with Crippen LogP contribution in [0.1, 0.15) is 39.5 Å². The molecule has 0 heterocycles. The highest BCUT2D eigenvalue weighted by Gasteiger charge is 2.30. The highest BCUT2D eigenvalue weighted by atomic mass is 35.5. The largest absolute Gasteiger partial charge is 0.493 e. The zero-order valence-electron chi connectivity index (χ0n) is 22.2. The van der Waals surface area contributed by atoms with E-state index in [2.05, 4.69) is 10.2 Å². The van der Waals surface area contributed by atoms with Crippen molar-refractivity contribution in [3.63, 3.8) is 0 Å². The Morgan fingerprint density at radius 1 is 1.12 bits per heavy atom. The van der Waals surface area contributed by atoms with Gasteiger partial charge in [0.25, 0.3) is 11.0 Å². The number of halogens is 1. The number of aryl methyl sites for hydroxylation is 1. The number of methoxy groups -OCH3 is 3. The molecule has 0 fully saturated rings. The van der Waals surface area contributed by atoms with E-state index in [0.717, 1.165) is 11.1 Å². The van der Waals surface area contributed by atoms with E-state index in [1.54, 1.807) is 31.4 Å². The highest BCUT2D eigenvalue weighted by molar-refractivity contribution is 7.98. The van der Waals surface area contributed by atoms with E-state index in [1.807, 2.05) is 18.4 Å². The predicted octanol–water partition coefficient (Wildman–Crippen LogP) is 5.24. The van der Waals surface area contributed by atoms with Crippen molar-refractivity contribution < 1.29 is 28.9 Å². The normalized spacial score (nSPS) is 13.8. The summed E-state index contributed by atoms with van der Waals surface area (Å²) in [6.07, 6.45) is 2.79. The fourth-order valence-corrected chi connectivity index (χ4v) is 5.57. The van der Waals surface area contributed by atoms with Crippen LogP contribution in [-0.2, 0) is 17.9 Å². The predicted molar refractivity (Wildman–Crippen MR) is 151 cm³/mol. The first-order valence-corrected chi connectivity index (χ1v) is 13.7. The maximum Gasteiger partial charge on any atom is 0.294 e. The van der Waals surface area contributed by atoms with Gasteiger partial charge in [-0.15, -0.1) is 21.9 Å². The molecule has 0 bridgehead atoms. The first-order valence-electron chi connectivity index (χ1n) is 12.1. The third-order valence-corrected chi connectivity index (χ3v) is 7.90. The molecule has 3 aromatic carbocycles. The molecule has 1 amide bonds. The lowest BCUT2D eigenvalue weighted by atomic mass is 9.95. The van der Waals surface area contributed by atoms with Crippen molar-refractivity contribution in [2.24, 2.45) is 0 Å². The van der Waals surface area contributed by atoms with Crippen LogP contribution in [0.3, 0.4) is 0 Å². The zero-order valence-corrected chi connectivity index (χ0v) is 23.8. The molecule has 1 aliphatic carbocycles. The van der Waals surface area contributed by atoms with E-state index in [0.29, 0.717) is 51.7 Å². The summed E-state index contributed by atoms with van der Waals surface area (Å²) in [5, 5.41) is 12.8. The molecule has 10 nitrogen and oxygen atoms in total. The first kappa shape index (κ1) is 29.0. The van der Waals surface area contributed by atoms with Crippen LogP contribution in [-0.4, -0.2) is 38.6 Å². The van der Waals surface area contributed by atoms with Gasteiger partial charge in [-0.25, -0.2) is 0 Å². The Labute approximate surface area is 239 Å². The van der Waals surface area contributed by atoms with Gasteiger partial charge in [-0.3, -0.25) is 9.59 Å². The van der Waals surface area contributed by atoms with Crippen LogP contribution in [0.2, 0.25) is 5.02 Å². The van der Waals surface area contributed by atoms with Crippen molar-refractivity contribution in [3.8, 4) is 28.4 Å². The fourth-order valence-electron chi connectivity index (χ4n) is 4.84. The van der Waals surface area contributed by atoms with Crippen molar-refractivity contribution in [1.29, 1.82) is 0 Å². The topological polar surface area (TPSA) is 126 Å². The molecular weight excluding hydrogens is 560 g/mol. The summed E-state index contributed by atoms with van der Waals surface area (Å²) in [6.45, 7) is -0.398. The number of carbonyl (C=O) groups is 1. The number of fused-ring (bicyclic) bond motifs is 3. The van der Waals surface area contributed by atoms with E-state index in [-0.39, 0.29) is 16.0 Å². The van der Waals surface area contributed by atoms with Crippen LogP contribution < -0.4 is 25.0 Å². The van der Waals surface area contributed by atoms with Gasteiger partial charge in [0.05, 0.1) is 42.9 Å². The second-order valence-corrected chi connectivity index (χ2v) is 10.0. The summed E-state index contributed by atoms with van der Waals surface area (Å²) >= 11 is 7.77. The summed E-state index contributed by atoms with van der Waals surface area (Å²) in [5.41, 5.74) is 3.18. The van der Waals surface area contributed by atoms with Gasteiger partial charge in [0.15, 0.2) is 16.9 Å². The standard InChI is InChI=1S/C28H27ClN2O8S/c1-36-22-12-15-8-10-20(30-28(33)18-7-5-6-16(25(18)29)14-39-31(34)35)19-13-21(32)23(40-4)11-9-17(19)24(15)27(38-3)26(22)37-2/h5-7,9,11-13,20H,8,10,14H2,1-4H3,(H,30,33)/t20-/m1/s1. The van der Waals surface area contributed by atoms with Crippen molar-refractivity contribution in [3.05, 3.63) is 90.1 Å². The minimum absolute atomic E-state index is 0.0444. The lowest BCUT2D eigenvalue weighted by Gasteiger charge is -2.20. The lowest BCUT2D eigenvalue weighted by Crippen LogP contribution is -2.29. The zero-order chi connectivity index (χ0) is 29.0. The average molecular weight is 587 g/mol. The Kier molecular flexibility index (Phi) is 9.06. The highest BCUT2D eigenvalue weighted by Crippen LogP contribution is 2.50. The second-order valence-electron chi connectivity index (χ2n) is 8.80. The van der Waals surface area contributed by atoms with Gasteiger partial charge >= 0.3 is 0 Å². The van der Waals surface area contributed by atoms with E-state index in [9.17, 15) is 19.7 Å². The minimum atomic E-state index is -0.926. The van der Waals surface area contributed by atoms with E-state index < -0.39 is 23.6 Å². The number of rotatable bonds is 9. The van der Waals surface area contributed by atoms with Crippen LogP contribution in [0.25, 0.3) is 11.1 Å². The molecule has 3 aromatic rings. The Bertz CT molecular complexity index is 1530. The number of carbonyl (C=O) groups excluding carboxylic acids is 1. The van der Waals surface area contributed by atoms with Crippen LogP contribution in [0.5, 0.6) is 17.2 Å². The molecule has 1 aliphatic rings. The Morgan fingerprint density at radius 3 is 2.52 bits per heavy atom.